The number of carbonyl (C=O) groups is 1. The van der Waals surface area contributed by atoms with Crippen LogP contribution in [0.5, 0.6) is 0 Å². The topological polar surface area (TPSA) is 69.5 Å². The molecule has 3 rings (SSSR count). The first kappa shape index (κ1) is 19.5. The molecule has 1 atom stereocenters. The molecule has 2 heterocycles. The quantitative estimate of drug-likeness (QED) is 0.383. The van der Waals surface area contributed by atoms with Crippen molar-refractivity contribution in [3.05, 3.63) is 36.4 Å². The Labute approximate surface area is 159 Å². The Morgan fingerprint density at radius 2 is 1.93 bits per heavy atom. The van der Waals surface area contributed by atoms with Gasteiger partial charge in [-0.25, -0.2) is 4.79 Å². The number of morpholine rings is 1. The van der Waals surface area contributed by atoms with Gasteiger partial charge in [0.05, 0.1) is 19.8 Å². The van der Waals surface area contributed by atoms with Crippen molar-refractivity contribution < 1.29 is 14.3 Å². The van der Waals surface area contributed by atoms with E-state index < -0.39 is 0 Å². The van der Waals surface area contributed by atoms with Crippen LogP contribution in [0.1, 0.15) is 38.8 Å². The summed E-state index contributed by atoms with van der Waals surface area (Å²) in [7, 11) is 0. The summed E-state index contributed by atoms with van der Waals surface area (Å²) in [4.78, 5) is 15.6. The van der Waals surface area contributed by atoms with Crippen LogP contribution in [0.15, 0.2) is 36.4 Å². The molecule has 0 bridgehead atoms. The lowest BCUT2D eigenvalue weighted by Crippen LogP contribution is -2.42. The third-order valence-corrected chi connectivity index (χ3v) is 4.66. The minimum atomic E-state index is -0.267. The fourth-order valence-electron chi connectivity index (χ4n) is 3.29. The molecule has 27 heavy (non-hydrogen) atoms. The summed E-state index contributed by atoms with van der Waals surface area (Å²) in [6.45, 7) is 5.51. The Morgan fingerprint density at radius 3 is 2.59 bits per heavy atom. The van der Waals surface area contributed by atoms with Crippen LogP contribution in [0, 0.1) is 0 Å². The van der Waals surface area contributed by atoms with E-state index in [2.05, 4.69) is 4.90 Å². The molecule has 1 fully saturated rings. The zero-order chi connectivity index (χ0) is 18.9. The van der Waals surface area contributed by atoms with Crippen LogP contribution in [-0.4, -0.2) is 58.8 Å². The van der Waals surface area contributed by atoms with E-state index >= 15 is 0 Å². The predicted octanol–water partition coefficient (Wildman–Crippen LogP) is 2.94. The maximum absolute atomic E-state index is 11.3. The van der Waals surface area contributed by atoms with E-state index in [0.29, 0.717) is 6.61 Å². The lowest BCUT2D eigenvalue weighted by atomic mass is 10.1. The molecule has 1 aliphatic rings. The predicted molar refractivity (Wildman–Crippen MR) is 103 cm³/mol. The fraction of sp³-hybridized carbons (Fsp3) is 0.550. The number of carbonyl (C=O) groups excluding carboxylic acids is 1. The second-order valence-corrected chi connectivity index (χ2v) is 6.58. The third-order valence-electron chi connectivity index (χ3n) is 4.66. The highest BCUT2D eigenvalue weighted by Crippen LogP contribution is 2.22. The molecule has 0 aliphatic carbocycles. The molecule has 2 aromatic rings. The van der Waals surface area contributed by atoms with Gasteiger partial charge in [0.15, 0.2) is 0 Å². The number of esters is 1. The van der Waals surface area contributed by atoms with Crippen molar-refractivity contribution in [2.45, 2.75) is 38.8 Å². The summed E-state index contributed by atoms with van der Waals surface area (Å²) in [5, 5.41) is 9.39. The van der Waals surface area contributed by atoms with Gasteiger partial charge in [-0.1, -0.05) is 18.2 Å². The summed E-state index contributed by atoms with van der Waals surface area (Å²) in [6, 6.07) is 7.97. The van der Waals surface area contributed by atoms with Gasteiger partial charge < -0.3 is 9.47 Å². The zero-order valence-corrected chi connectivity index (χ0v) is 15.9. The molecule has 1 unspecified atom stereocenters. The van der Waals surface area contributed by atoms with Gasteiger partial charge in [-0.2, -0.15) is 15.0 Å². The Bertz CT molecular complexity index is 720. The van der Waals surface area contributed by atoms with Crippen molar-refractivity contribution in [1.29, 1.82) is 0 Å². The van der Waals surface area contributed by atoms with E-state index in [0.717, 1.165) is 63.0 Å². The van der Waals surface area contributed by atoms with E-state index in [1.165, 1.54) is 6.08 Å². The van der Waals surface area contributed by atoms with Gasteiger partial charge in [-0.05, 0) is 44.7 Å². The van der Waals surface area contributed by atoms with Gasteiger partial charge in [0, 0.05) is 19.2 Å². The van der Waals surface area contributed by atoms with Gasteiger partial charge in [0.25, 0.3) is 0 Å². The van der Waals surface area contributed by atoms with Crippen molar-refractivity contribution >= 4 is 17.0 Å². The fourth-order valence-corrected chi connectivity index (χ4v) is 3.29. The third kappa shape index (κ3) is 5.61. The lowest BCUT2D eigenvalue weighted by molar-refractivity contribution is -0.137. The largest absolute Gasteiger partial charge is 0.463 e. The van der Waals surface area contributed by atoms with E-state index in [9.17, 15) is 4.79 Å². The second kappa shape index (κ2) is 10.2. The number of hydrogen-bond acceptors (Lipinski definition) is 6. The summed E-state index contributed by atoms with van der Waals surface area (Å²) in [6.07, 6.45) is 7.42. The molecule has 1 saturated heterocycles. The highest BCUT2D eigenvalue weighted by atomic mass is 16.5. The monoisotopic (exact) mass is 372 g/mol. The SMILES string of the molecule is CCOC(=O)/C=C/CCCCC(N1CCOCC1)n1nc2ccccc2n1. The van der Waals surface area contributed by atoms with Crippen molar-refractivity contribution in [2.75, 3.05) is 32.9 Å². The van der Waals surface area contributed by atoms with Gasteiger partial charge in [-0.15, -0.1) is 0 Å². The average Bonchev–Trinajstić information content (AvgIpc) is 3.12. The molecule has 1 aromatic heterocycles. The van der Waals surface area contributed by atoms with Gasteiger partial charge in [-0.3, -0.25) is 4.90 Å². The van der Waals surface area contributed by atoms with Crippen LogP contribution in [0.2, 0.25) is 0 Å². The molecule has 1 aliphatic heterocycles. The maximum atomic E-state index is 11.3. The summed E-state index contributed by atoms with van der Waals surface area (Å²) >= 11 is 0. The smallest absolute Gasteiger partial charge is 0.330 e. The maximum Gasteiger partial charge on any atom is 0.330 e. The van der Waals surface area contributed by atoms with Gasteiger partial charge in [0.1, 0.15) is 17.2 Å². The molecule has 0 spiro atoms. The summed E-state index contributed by atoms with van der Waals surface area (Å²) in [5.74, 6) is -0.267. The normalized spacial score (nSPS) is 16.8. The second-order valence-electron chi connectivity index (χ2n) is 6.58. The molecule has 0 N–H and O–H groups in total. The van der Waals surface area contributed by atoms with Crippen molar-refractivity contribution in [2.24, 2.45) is 0 Å². The average molecular weight is 372 g/mol. The molecular weight excluding hydrogens is 344 g/mol. The first-order valence-electron chi connectivity index (χ1n) is 9.74. The number of unbranched alkanes of at least 4 members (excludes halogenated alkanes) is 2. The molecule has 7 heteroatoms. The molecule has 1 aromatic carbocycles. The van der Waals surface area contributed by atoms with Crippen LogP contribution in [0.3, 0.4) is 0 Å². The van der Waals surface area contributed by atoms with Crippen LogP contribution in [0.25, 0.3) is 11.0 Å². The van der Waals surface area contributed by atoms with E-state index in [-0.39, 0.29) is 12.1 Å². The van der Waals surface area contributed by atoms with Crippen molar-refractivity contribution in [1.82, 2.24) is 19.9 Å². The number of allylic oxidation sites excluding steroid dienone is 1. The highest BCUT2D eigenvalue weighted by molar-refractivity contribution is 5.81. The Balaban J connectivity index is 1.58. The van der Waals surface area contributed by atoms with E-state index in [1.807, 2.05) is 42.1 Å². The minimum Gasteiger partial charge on any atom is -0.463 e. The van der Waals surface area contributed by atoms with Crippen molar-refractivity contribution in [3.8, 4) is 0 Å². The first-order valence-corrected chi connectivity index (χ1v) is 9.74. The molecule has 0 amide bonds. The Hall–Kier alpha value is -2.25. The van der Waals surface area contributed by atoms with E-state index in [1.54, 1.807) is 0 Å². The lowest BCUT2D eigenvalue weighted by Gasteiger charge is -2.33. The van der Waals surface area contributed by atoms with Crippen LogP contribution >= 0.6 is 0 Å². The van der Waals surface area contributed by atoms with E-state index in [4.69, 9.17) is 19.7 Å². The number of aromatic nitrogens is 3. The number of nitrogens with zero attached hydrogens (tertiary/aromatic N) is 4. The van der Waals surface area contributed by atoms with Crippen LogP contribution in [-0.2, 0) is 14.3 Å². The standard InChI is InChI=1S/C20H28N4O3/c1-2-27-20(25)12-6-4-3-5-11-19(23-13-15-26-16-14-23)24-21-17-9-7-8-10-18(17)22-24/h6-10,12,19H,2-5,11,13-16H2,1H3/b12-6+. The van der Waals surface area contributed by atoms with Crippen LogP contribution < -0.4 is 0 Å². The first-order chi connectivity index (χ1) is 13.3. The summed E-state index contributed by atoms with van der Waals surface area (Å²) < 4.78 is 10.4. The highest BCUT2D eigenvalue weighted by Gasteiger charge is 2.24. The molecule has 0 radical (unpaired) electrons. The Morgan fingerprint density at radius 1 is 1.22 bits per heavy atom. The molecule has 146 valence electrons. The number of rotatable bonds is 9. The van der Waals surface area contributed by atoms with Crippen molar-refractivity contribution in [3.63, 3.8) is 0 Å². The number of ether oxygens (including phenoxy) is 2. The van der Waals surface area contributed by atoms with Gasteiger partial charge in [0.2, 0.25) is 0 Å². The molecule has 7 nitrogen and oxygen atoms in total. The number of fused-ring (bicyclic) bond motifs is 1. The Kier molecular flexibility index (Phi) is 7.36. The number of hydrogen-bond donors (Lipinski definition) is 0. The molecule has 0 saturated carbocycles. The summed E-state index contributed by atoms with van der Waals surface area (Å²) in [5.41, 5.74) is 1.85. The minimum absolute atomic E-state index is 0.135. The number of benzene rings is 1. The molecular formula is C20H28N4O3. The van der Waals surface area contributed by atoms with Crippen LogP contribution in [0.4, 0.5) is 0 Å². The van der Waals surface area contributed by atoms with Gasteiger partial charge >= 0.3 is 5.97 Å². The zero-order valence-electron chi connectivity index (χ0n) is 15.9.